The van der Waals surface area contributed by atoms with Crippen LogP contribution in [0, 0.1) is 17.3 Å². The second kappa shape index (κ2) is 9.21. The molecule has 1 amide bonds. The average molecular weight is 414 g/mol. The topological polar surface area (TPSA) is 52.6 Å². The largest absolute Gasteiger partial charge is 0.345 e. The highest BCUT2D eigenvalue weighted by atomic mass is 16.2. The van der Waals surface area contributed by atoms with Gasteiger partial charge >= 0.3 is 0 Å². The van der Waals surface area contributed by atoms with Crippen molar-refractivity contribution in [2.75, 3.05) is 44.7 Å². The molecule has 3 aliphatic heterocycles. The normalized spacial score (nSPS) is 28.0. The van der Waals surface area contributed by atoms with Crippen molar-refractivity contribution < 1.29 is 4.79 Å². The van der Waals surface area contributed by atoms with Gasteiger partial charge in [-0.2, -0.15) is 0 Å². The Bertz CT molecular complexity index is 707. The van der Waals surface area contributed by atoms with E-state index in [4.69, 9.17) is 0 Å². The van der Waals surface area contributed by atoms with E-state index in [0.29, 0.717) is 11.8 Å². The van der Waals surface area contributed by atoms with Gasteiger partial charge in [0.2, 0.25) is 11.9 Å². The lowest BCUT2D eigenvalue weighted by atomic mass is 9.69. The standard InChI is InChI=1S/C24H39N5O/c1-19-6-14-29(15-7-19)23-25-16-20(17-26-23)18-28-12-8-21(9-13-28)24(2)10-4-5-11-27(3)22(24)30/h16-17,19,21H,4-15,18H2,1-3H3/t24-/m0/s1. The van der Waals surface area contributed by atoms with Gasteiger partial charge in [-0.05, 0) is 63.5 Å². The van der Waals surface area contributed by atoms with Crippen molar-refractivity contribution in [1.29, 1.82) is 0 Å². The molecule has 1 aromatic heterocycles. The number of likely N-dealkylation sites (tertiary alicyclic amines) is 2. The van der Waals surface area contributed by atoms with Crippen molar-refractivity contribution in [3.05, 3.63) is 18.0 Å². The average Bonchev–Trinajstić information content (AvgIpc) is 2.89. The van der Waals surface area contributed by atoms with Gasteiger partial charge in [-0.1, -0.05) is 20.3 Å². The monoisotopic (exact) mass is 413 g/mol. The number of amides is 1. The maximum Gasteiger partial charge on any atom is 0.228 e. The summed E-state index contributed by atoms with van der Waals surface area (Å²) in [5.41, 5.74) is 1.02. The summed E-state index contributed by atoms with van der Waals surface area (Å²) in [5, 5.41) is 0. The van der Waals surface area contributed by atoms with Gasteiger partial charge in [-0.3, -0.25) is 9.69 Å². The van der Waals surface area contributed by atoms with Crippen molar-refractivity contribution >= 4 is 11.9 Å². The quantitative estimate of drug-likeness (QED) is 0.755. The molecule has 0 aliphatic carbocycles. The first-order valence-electron chi connectivity index (χ1n) is 12.0. The van der Waals surface area contributed by atoms with E-state index >= 15 is 0 Å². The Morgan fingerprint density at radius 3 is 2.33 bits per heavy atom. The molecule has 6 heteroatoms. The SMILES string of the molecule is CC1CCN(c2ncc(CN3CCC([C@]4(C)CCCCN(C)C4=O)CC3)cn2)CC1. The summed E-state index contributed by atoms with van der Waals surface area (Å²) in [4.78, 5) is 29.1. The van der Waals surface area contributed by atoms with Crippen LogP contribution in [0.25, 0.3) is 0 Å². The van der Waals surface area contributed by atoms with E-state index < -0.39 is 0 Å². The van der Waals surface area contributed by atoms with E-state index in [1.807, 2.05) is 24.3 Å². The Morgan fingerprint density at radius 2 is 1.67 bits per heavy atom. The molecular formula is C24H39N5O. The van der Waals surface area contributed by atoms with Crippen LogP contribution in [-0.2, 0) is 11.3 Å². The third kappa shape index (κ3) is 4.63. The highest BCUT2D eigenvalue weighted by molar-refractivity contribution is 5.82. The third-order valence-electron chi connectivity index (χ3n) is 7.93. The Kier molecular flexibility index (Phi) is 6.61. The maximum atomic E-state index is 13.0. The van der Waals surface area contributed by atoms with Crippen LogP contribution in [0.5, 0.6) is 0 Å². The smallest absolute Gasteiger partial charge is 0.228 e. The van der Waals surface area contributed by atoms with Gasteiger partial charge in [-0.25, -0.2) is 9.97 Å². The molecule has 3 fully saturated rings. The van der Waals surface area contributed by atoms with Crippen LogP contribution in [0.15, 0.2) is 12.4 Å². The van der Waals surface area contributed by atoms with E-state index in [1.165, 1.54) is 24.8 Å². The summed E-state index contributed by atoms with van der Waals surface area (Å²) in [6.07, 6.45) is 12.1. The van der Waals surface area contributed by atoms with Crippen LogP contribution in [0.4, 0.5) is 5.95 Å². The number of hydrogen-bond acceptors (Lipinski definition) is 5. The molecule has 3 aliphatic rings. The molecule has 0 bridgehead atoms. The Morgan fingerprint density at radius 1 is 1.00 bits per heavy atom. The number of anilines is 1. The summed E-state index contributed by atoms with van der Waals surface area (Å²) in [5.74, 6) is 2.57. The van der Waals surface area contributed by atoms with Crippen LogP contribution in [0.3, 0.4) is 0 Å². The van der Waals surface area contributed by atoms with Crippen molar-refractivity contribution in [1.82, 2.24) is 19.8 Å². The zero-order valence-corrected chi connectivity index (χ0v) is 19.1. The third-order valence-corrected chi connectivity index (χ3v) is 7.93. The molecule has 0 radical (unpaired) electrons. The number of carbonyl (C=O) groups is 1. The van der Waals surface area contributed by atoms with Crippen LogP contribution in [0.1, 0.15) is 64.4 Å². The van der Waals surface area contributed by atoms with Gasteiger partial charge in [0.15, 0.2) is 0 Å². The molecule has 4 heterocycles. The number of piperidine rings is 2. The van der Waals surface area contributed by atoms with E-state index in [9.17, 15) is 4.79 Å². The first kappa shape index (κ1) is 21.5. The first-order valence-corrected chi connectivity index (χ1v) is 12.0. The van der Waals surface area contributed by atoms with Crippen molar-refractivity contribution in [3.8, 4) is 0 Å². The molecule has 3 saturated heterocycles. The molecule has 4 rings (SSSR count). The summed E-state index contributed by atoms with van der Waals surface area (Å²) in [7, 11) is 1.98. The van der Waals surface area contributed by atoms with Crippen LogP contribution in [-0.4, -0.2) is 65.4 Å². The van der Waals surface area contributed by atoms with Gasteiger partial charge in [0, 0.05) is 56.6 Å². The van der Waals surface area contributed by atoms with E-state index in [-0.39, 0.29) is 5.41 Å². The Balaban J connectivity index is 1.30. The lowest BCUT2D eigenvalue weighted by molar-refractivity contribution is -0.143. The Hall–Kier alpha value is -1.69. The molecule has 1 atom stereocenters. The summed E-state index contributed by atoms with van der Waals surface area (Å²) < 4.78 is 0. The van der Waals surface area contributed by atoms with E-state index in [2.05, 4.69) is 33.6 Å². The minimum atomic E-state index is -0.173. The summed E-state index contributed by atoms with van der Waals surface area (Å²) >= 11 is 0. The van der Waals surface area contributed by atoms with Crippen molar-refractivity contribution in [2.45, 2.75) is 65.3 Å². The predicted molar refractivity (Wildman–Crippen MR) is 120 cm³/mol. The van der Waals surface area contributed by atoms with Crippen LogP contribution < -0.4 is 4.90 Å². The number of nitrogens with zero attached hydrogens (tertiary/aromatic N) is 5. The van der Waals surface area contributed by atoms with Gasteiger partial charge < -0.3 is 9.80 Å². The number of rotatable bonds is 4. The molecule has 166 valence electrons. The number of hydrogen-bond donors (Lipinski definition) is 0. The molecule has 30 heavy (non-hydrogen) atoms. The lowest BCUT2D eigenvalue weighted by Gasteiger charge is -2.42. The fourth-order valence-electron chi connectivity index (χ4n) is 5.65. The molecule has 6 nitrogen and oxygen atoms in total. The van der Waals surface area contributed by atoms with E-state index in [0.717, 1.165) is 76.8 Å². The molecular weight excluding hydrogens is 374 g/mol. The highest BCUT2D eigenvalue weighted by Gasteiger charge is 2.44. The first-order chi connectivity index (χ1) is 14.5. The zero-order valence-electron chi connectivity index (χ0n) is 19.1. The number of aromatic nitrogens is 2. The van der Waals surface area contributed by atoms with Crippen LogP contribution in [0.2, 0.25) is 0 Å². The zero-order chi connectivity index (χ0) is 21.1. The van der Waals surface area contributed by atoms with Crippen molar-refractivity contribution in [2.24, 2.45) is 17.3 Å². The molecule has 0 aromatic carbocycles. The van der Waals surface area contributed by atoms with Crippen molar-refractivity contribution in [3.63, 3.8) is 0 Å². The minimum Gasteiger partial charge on any atom is -0.345 e. The van der Waals surface area contributed by atoms with Gasteiger partial charge in [-0.15, -0.1) is 0 Å². The van der Waals surface area contributed by atoms with Gasteiger partial charge in [0.1, 0.15) is 0 Å². The van der Waals surface area contributed by atoms with E-state index in [1.54, 1.807) is 0 Å². The lowest BCUT2D eigenvalue weighted by Crippen LogP contribution is -2.47. The second-order valence-electron chi connectivity index (χ2n) is 10.2. The molecule has 0 N–H and O–H groups in total. The minimum absolute atomic E-state index is 0.173. The molecule has 0 spiro atoms. The second-order valence-corrected chi connectivity index (χ2v) is 10.2. The molecule has 1 aromatic rings. The Labute approximate surface area is 182 Å². The molecule has 0 unspecified atom stereocenters. The number of carbonyl (C=O) groups excluding carboxylic acids is 1. The summed E-state index contributed by atoms with van der Waals surface area (Å²) in [6.45, 7) is 10.6. The maximum absolute atomic E-state index is 13.0. The van der Waals surface area contributed by atoms with Gasteiger partial charge in [0.05, 0.1) is 0 Å². The summed E-state index contributed by atoms with van der Waals surface area (Å²) in [6, 6.07) is 0. The molecule has 0 saturated carbocycles. The predicted octanol–water partition coefficient (Wildman–Crippen LogP) is 3.57. The van der Waals surface area contributed by atoms with Gasteiger partial charge in [0.25, 0.3) is 0 Å². The highest BCUT2D eigenvalue weighted by Crippen LogP contribution is 2.42. The fourth-order valence-corrected chi connectivity index (χ4v) is 5.65. The van der Waals surface area contributed by atoms with Crippen LogP contribution >= 0.6 is 0 Å². The fraction of sp³-hybridized carbons (Fsp3) is 0.792.